The summed E-state index contributed by atoms with van der Waals surface area (Å²) in [4.78, 5) is 24.7. The molecule has 0 aromatic heterocycles. The molecule has 1 atom stereocenters. The number of benzene rings is 1. The third-order valence-electron chi connectivity index (χ3n) is 4.11. The maximum Gasteiger partial charge on any atom is 0.338 e. The molecule has 6 heteroatoms. The minimum absolute atomic E-state index is 0.349. The van der Waals surface area contributed by atoms with Crippen LogP contribution in [-0.4, -0.2) is 25.2 Å². The summed E-state index contributed by atoms with van der Waals surface area (Å²) in [6.45, 7) is 8.79. The molecule has 6 nitrogen and oxygen atoms in total. The number of ether oxygens (including phenoxy) is 2. The summed E-state index contributed by atoms with van der Waals surface area (Å²) < 4.78 is 11.2. The van der Waals surface area contributed by atoms with Crippen molar-refractivity contribution in [2.24, 2.45) is 5.92 Å². The monoisotopic (exact) mass is 360 g/mol. The number of para-hydroxylation sites is 1. The Balaban J connectivity index is 2.31. The van der Waals surface area contributed by atoms with Crippen molar-refractivity contribution >= 4 is 12.0 Å². The number of carbonyl (C=O) groups is 2. The third kappa shape index (κ3) is 5.00. The molecule has 0 aliphatic carbocycles. The molecule has 2 N–H and O–H groups in total. The summed E-state index contributed by atoms with van der Waals surface area (Å²) in [5.41, 5.74) is 1.64. The average molecular weight is 360 g/mol. The number of hydrogen-bond donors (Lipinski definition) is 2. The Labute approximate surface area is 154 Å². The number of hydrogen-bond acceptors (Lipinski definition) is 4. The second kappa shape index (κ2) is 9.27. The fourth-order valence-electron chi connectivity index (χ4n) is 2.73. The van der Waals surface area contributed by atoms with Gasteiger partial charge in [0.2, 0.25) is 0 Å². The van der Waals surface area contributed by atoms with Crippen molar-refractivity contribution < 1.29 is 19.1 Å². The van der Waals surface area contributed by atoms with Crippen LogP contribution in [0.5, 0.6) is 5.75 Å². The fourth-order valence-corrected chi connectivity index (χ4v) is 2.73. The molecular formula is C20H28N2O4. The molecule has 1 unspecified atom stereocenters. The Hall–Kier alpha value is -2.50. The molecule has 0 saturated heterocycles. The molecule has 142 valence electrons. The van der Waals surface area contributed by atoms with Gasteiger partial charge in [0, 0.05) is 11.3 Å². The van der Waals surface area contributed by atoms with Crippen LogP contribution in [0.1, 0.15) is 52.1 Å². The molecule has 2 rings (SSSR count). The van der Waals surface area contributed by atoms with E-state index in [-0.39, 0.29) is 6.03 Å². The molecule has 26 heavy (non-hydrogen) atoms. The maximum atomic E-state index is 12.7. The van der Waals surface area contributed by atoms with E-state index in [1.165, 1.54) is 0 Å². The minimum atomic E-state index is -0.608. The molecule has 1 aliphatic rings. The molecule has 1 aliphatic heterocycles. The van der Waals surface area contributed by atoms with E-state index in [4.69, 9.17) is 9.47 Å². The maximum absolute atomic E-state index is 12.7. The van der Waals surface area contributed by atoms with Gasteiger partial charge in [0.05, 0.1) is 24.8 Å². The van der Waals surface area contributed by atoms with E-state index in [9.17, 15) is 9.59 Å². The van der Waals surface area contributed by atoms with Gasteiger partial charge in [-0.1, -0.05) is 39.0 Å². The van der Waals surface area contributed by atoms with Gasteiger partial charge < -0.3 is 20.1 Å². The first-order valence-electron chi connectivity index (χ1n) is 9.11. The van der Waals surface area contributed by atoms with Crippen molar-refractivity contribution in [1.82, 2.24) is 10.6 Å². The normalized spacial score (nSPS) is 17.0. The van der Waals surface area contributed by atoms with Crippen molar-refractivity contribution in [2.75, 3.05) is 13.2 Å². The molecular weight excluding hydrogens is 332 g/mol. The summed E-state index contributed by atoms with van der Waals surface area (Å²) in [6, 6.07) is 6.47. The van der Waals surface area contributed by atoms with Gasteiger partial charge in [0.25, 0.3) is 0 Å². The summed E-state index contributed by atoms with van der Waals surface area (Å²) in [7, 11) is 0. The van der Waals surface area contributed by atoms with Crippen molar-refractivity contribution in [2.45, 2.75) is 46.6 Å². The number of rotatable bonds is 8. The second-order valence-corrected chi connectivity index (χ2v) is 6.77. The summed E-state index contributed by atoms with van der Waals surface area (Å²) >= 11 is 0. The van der Waals surface area contributed by atoms with Gasteiger partial charge in [-0.3, -0.25) is 0 Å². The lowest BCUT2D eigenvalue weighted by atomic mass is 9.95. The van der Waals surface area contributed by atoms with Gasteiger partial charge in [0.1, 0.15) is 5.75 Å². The first-order valence-corrected chi connectivity index (χ1v) is 9.11. The Morgan fingerprint density at radius 1 is 1.23 bits per heavy atom. The SMILES string of the molecule is CCCOc1ccccc1C1NC(=O)NC(C)=C1C(=O)OCCC(C)C. The lowest BCUT2D eigenvalue weighted by Crippen LogP contribution is -2.45. The van der Waals surface area contributed by atoms with Crippen molar-refractivity contribution in [3.63, 3.8) is 0 Å². The van der Waals surface area contributed by atoms with E-state index in [0.29, 0.717) is 36.2 Å². The zero-order chi connectivity index (χ0) is 19.1. The average Bonchev–Trinajstić information content (AvgIpc) is 2.59. The van der Waals surface area contributed by atoms with E-state index in [2.05, 4.69) is 24.5 Å². The van der Waals surface area contributed by atoms with E-state index in [1.807, 2.05) is 31.2 Å². The van der Waals surface area contributed by atoms with E-state index >= 15 is 0 Å². The summed E-state index contributed by atoms with van der Waals surface area (Å²) in [5, 5.41) is 5.48. The Morgan fingerprint density at radius 2 is 1.96 bits per heavy atom. The van der Waals surface area contributed by atoms with Crippen LogP contribution in [0.2, 0.25) is 0 Å². The van der Waals surface area contributed by atoms with E-state index < -0.39 is 12.0 Å². The van der Waals surface area contributed by atoms with E-state index in [1.54, 1.807) is 6.92 Å². The van der Waals surface area contributed by atoms with E-state index in [0.717, 1.165) is 18.4 Å². The van der Waals surface area contributed by atoms with Crippen molar-refractivity contribution in [3.8, 4) is 5.75 Å². The highest BCUT2D eigenvalue weighted by molar-refractivity contribution is 5.95. The molecule has 0 bridgehead atoms. The van der Waals surface area contributed by atoms with Crippen molar-refractivity contribution in [3.05, 3.63) is 41.1 Å². The predicted molar refractivity (Wildman–Crippen MR) is 99.8 cm³/mol. The minimum Gasteiger partial charge on any atom is -0.493 e. The topological polar surface area (TPSA) is 76.7 Å². The molecule has 0 fully saturated rings. The first-order chi connectivity index (χ1) is 12.4. The molecule has 0 spiro atoms. The van der Waals surface area contributed by atoms with Crippen LogP contribution in [-0.2, 0) is 9.53 Å². The second-order valence-electron chi connectivity index (χ2n) is 6.77. The third-order valence-corrected chi connectivity index (χ3v) is 4.11. The van der Waals surface area contributed by atoms with Crippen LogP contribution in [0.25, 0.3) is 0 Å². The molecule has 0 saturated carbocycles. The zero-order valence-corrected chi connectivity index (χ0v) is 15.9. The lowest BCUT2D eigenvalue weighted by Gasteiger charge is -2.29. The Morgan fingerprint density at radius 3 is 2.65 bits per heavy atom. The van der Waals surface area contributed by atoms with Gasteiger partial charge in [-0.15, -0.1) is 0 Å². The van der Waals surface area contributed by atoms with Crippen LogP contribution >= 0.6 is 0 Å². The van der Waals surface area contributed by atoms with Gasteiger partial charge in [0.15, 0.2) is 0 Å². The lowest BCUT2D eigenvalue weighted by molar-refractivity contribution is -0.139. The van der Waals surface area contributed by atoms with Gasteiger partial charge >= 0.3 is 12.0 Å². The largest absolute Gasteiger partial charge is 0.493 e. The van der Waals surface area contributed by atoms with Crippen LogP contribution in [0, 0.1) is 5.92 Å². The zero-order valence-electron chi connectivity index (χ0n) is 15.9. The number of esters is 1. The van der Waals surface area contributed by atoms with Crippen LogP contribution in [0.4, 0.5) is 4.79 Å². The van der Waals surface area contributed by atoms with Gasteiger partial charge in [-0.25, -0.2) is 9.59 Å². The number of amides is 2. The van der Waals surface area contributed by atoms with Gasteiger partial charge in [-0.2, -0.15) is 0 Å². The quantitative estimate of drug-likeness (QED) is 0.693. The number of carbonyl (C=O) groups excluding carboxylic acids is 2. The molecule has 0 radical (unpaired) electrons. The molecule has 2 amide bonds. The highest BCUT2D eigenvalue weighted by atomic mass is 16.5. The summed E-state index contributed by atoms with van der Waals surface area (Å²) in [5.74, 6) is 0.675. The predicted octanol–water partition coefficient (Wildman–Crippen LogP) is 3.69. The standard InChI is InChI=1S/C20H28N2O4/c1-5-11-25-16-9-7-6-8-15(16)18-17(14(4)21-20(24)22-18)19(23)26-12-10-13(2)3/h6-9,13,18H,5,10-12H2,1-4H3,(H2,21,22,24). The van der Waals surface area contributed by atoms with Crippen molar-refractivity contribution in [1.29, 1.82) is 0 Å². The molecule has 1 aromatic carbocycles. The summed E-state index contributed by atoms with van der Waals surface area (Å²) in [6.07, 6.45) is 1.66. The highest BCUT2D eigenvalue weighted by Crippen LogP contribution is 2.33. The van der Waals surface area contributed by atoms with Crippen LogP contribution < -0.4 is 15.4 Å². The smallest absolute Gasteiger partial charge is 0.338 e. The Kier molecular flexibility index (Phi) is 7.06. The number of urea groups is 1. The first kappa shape index (κ1) is 19.8. The van der Waals surface area contributed by atoms with Crippen LogP contribution in [0.3, 0.4) is 0 Å². The number of nitrogens with one attached hydrogen (secondary N) is 2. The Bertz CT molecular complexity index is 682. The number of allylic oxidation sites excluding steroid dienone is 1. The van der Waals surface area contributed by atoms with Gasteiger partial charge in [-0.05, 0) is 31.7 Å². The fraction of sp³-hybridized carbons (Fsp3) is 0.500. The molecule has 1 heterocycles. The van der Waals surface area contributed by atoms with Crippen LogP contribution in [0.15, 0.2) is 35.5 Å². The molecule has 1 aromatic rings. The highest BCUT2D eigenvalue weighted by Gasteiger charge is 2.33.